The molecule has 1 saturated carbocycles. The highest BCUT2D eigenvalue weighted by molar-refractivity contribution is 6.31. The van der Waals surface area contributed by atoms with E-state index in [1.165, 1.54) is 6.07 Å². The van der Waals surface area contributed by atoms with E-state index in [-0.39, 0.29) is 17.8 Å². The second-order valence-electron chi connectivity index (χ2n) is 6.70. The van der Waals surface area contributed by atoms with Crippen molar-refractivity contribution in [3.8, 4) is 0 Å². The highest BCUT2D eigenvalue weighted by Gasteiger charge is 2.41. The largest absolute Gasteiger partial charge is 0.357 e. The molecule has 1 aromatic carbocycles. The van der Waals surface area contributed by atoms with Gasteiger partial charge in [-0.3, -0.25) is 4.68 Å². The first kappa shape index (κ1) is 18.7. The van der Waals surface area contributed by atoms with Gasteiger partial charge in [0.2, 0.25) is 0 Å². The Morgan fingerprint density at radius 1 is 1.42 bits per heavy atom. The van der Waals surface area contributed by atoms with Gasteiger partial charge in [-0.15, -0.1) is 0 Å². The second-order valence-corrected chi connectivity index (χ2v) is 7.10. The summed E-state index contributed by atoms with van der Waals surface area (Å²) in [4.78, 5) is 4.69. The van der Waals surface area contributed by atoms with Crippen molar-refractivity contribution >= 4 is 17.6 Å². The summed E-state index contributed by atoms with van der Waals surface area (Å²) in [7, 11) is 1.94. The summed E-state index contributed by atoms with van der Waals surface area (Å²) in [5.41, 5.74) is 3.84. The molecule has 0 saturated heterocycles. The van der Waals surface area contributed by atoms with Crippen LogP contribution in [0, 0.1) is 19.7 Å². The van der Waals surface area contributed by atoms with Gasteiger partial charge in [0.15, 0.2) is 5.96 Å². The van der Waals surface area contributed by atoms with Crippen LogP contribution in [0.2, 0.25) is 5.02 Å². The van der Waals surface area contributed by atoms with E-state index in [0.717, 1.165) is 35.9 Å². The summed E-state index contributed by atoms with van der Waals surface area (Å²) >= 11 is 6.18. The highest BCUT2D eigenvalue weighted by Crippen LogP contribution is 2.44. The molecule has 0 amide bonds. The highest BCUT2D eigenvalue weighted by atomic mass is 35.5. The Labute approximate surface area is 158 Å². The number of hydrogen-bond acceptors (Lipinski definition) is 2. The first-order valence-corrected chi connectivity index (χ1v) is 9.28. The molecular formula is C19H25ClFN5. The number of halogens is 2. The van der Waals surface area contributed by atoms with Gasteiger partial charge in [-0.2, -0.15) is 5.10 Å². The topological polar surface area (TPSA) is 54.2 Å². The number of aromatic nitrogens is 2. The second kappa shape index (κ2) is 7.66. The maximum absolute atomic E-state index is 14.1. The van der Waals surface area contributed by atoms with Crippen molar-refractivity contribution in [2.75, 3.05) is 6.54 Å². The lowest BCUT2D eigenvalue weighted by atomic mass is 10.1. The van der Waals surface area contributed by atoms with Crippen LogP contribution >= 0.6 is 11.6 Å². The van der Waals surface area contributed by atoms with Crippen LogP contribution in [0.5, 0.6) is 0 Å². The fraction of sp³-hybridized carbons (Fsp3) is 0.474. The lowest BCUT2D eigenvalue weighted by Crippen LogP contribution is -2.39. The summed E-state index contributed by atoms with van der Waals surface area (Å²) in [6, 6.07) is 4.97. The van der Waals surface area contributed by atoms with Crippen molar-refractivity contribution in [1.82, 2.24) is 20.4 Å². The zero-order chi connectivity index (χ0) is 18.8. The Hall–Kier alpha value is -2.08. The molecule has 0 spiro atoms. The molecule has 0 aliphatic heterocycles. The Bertz CT molecular complexity index is 809. The zero-order valence-corrected chi connectivity index (χ0v) is 16.4. The van der Waals surface area contributed by atoms with Crippen LogP contribution in [-0.2, 0) is 13.6 Å². The van der Waals surface area contributed by atoms with Crippen LogP contribution in [0.3, 0.4) is 0 Å². The smallest absolute Gasteiger partial charge is 0.191 e. The summed E-state index contributed by atoms with van der Waals surface area (Å²) < 4.78 is 16.0. The third kappa shape index (κ3) is 3.85. The van der Waals surface area contributed by atoms with Crippen LogP contribution in [-0.4, -0.2) is 28.3 Å². The molecule has 2 N–H and O–H groups in total. The van der Waals surface area contributed by atoms with E-state index in [0.29, 0.717) is 17.1 Å². The number of guanidine groups is 1. The van der Waals surface area contributed by atoms with Crippen LogP contribution in [0.4, 0.5) is 4.39 Å². The Morgan fingerprint density at radius 3 is 2.81 bits per heavy atom. The summed E-state index contributed by atoms with van der Waals surface area (Å²) in [6.07, 6.45) is 0.843. The minimum Gasteiger partial charge on any atom is -0.357 e. The van der Waals surface area contributed by atoms with E-state index in [4.69, 9.17) is 11.6 Å². The van der Waals surface area contributed by atoms with E-state index >= 15 is 0 Å². The molecule has 1 heterocycles. The molecule has 140 valence electrons. The molecule has 7 heteroatoms. The van der Waals surface area contributed by atoms with Gasteiger partial charge < -0.3 is 10.6 Å². The molecule has 0 radical (unpaired) electrons. The lowest BCUT2D eigenvalue weighted by molar-refractivity contribution is 0.608. The van der Waals surface area contributed by atoms with Gasteiger partial charge in [0.25, 0.3) is 0 Å². The summed E-state index contributed by atoms with van der Waals surface area (Å²) in [5, 5.41) is 11.6. The SMILES string of the molecule is CCNC(=NCc1c(C)nn(C)c1C)NC1CC1c1c(F)cccc1Cl. The standard InChI is InChI=1S/C19H25ClFN5/c1-5-22-19(23-10-14-11(2)25-26(4)12(14)3)24-17-9-13(17)18-15(20)7-6-8-16(18)21/h6-8,13,17H,5,9-10H2,1-4H3,(H2,22,23,24). The van der Waals surface area contributed by atoms with E-state index in [9.17, 15) is 4.39 Å². The molecule has 2 aromatic rings. The third-order valence-electron chi connectivity index (χ3n) is 4.88. The average molecular weight is 378 g/mol. The summed E-state index contributed by atoms with van der Waals surface area (Å²) in [6.45, 7) is 7.38. The van der Waals surface area contributed by atoms with Gasteiger partial charge in [-0.1, -0.05) is 17.7 Å². The monoisotopic (exact) mass is 377 g/mol. The van der Waals surface area contributed by atoms with Crippen molar-refractivity contribution in [1.29, 1.82) is 0 Å². The number of rotatable bonds is 5. The van der Waals surface area contributed by atoms with Crippen molar-refractivity contribution in [2.45, 2.75) is 45.7 Å². The van der Waals surface area contributed by atoms with Gasteiger partial charge in [-0.05, 0) is 39.3 Å². The van der Waals surface area contributed by atoms with Gasteiger partial charge in [0.05, 0.1) is 12.2 Å². The third-order valence-corrected chi connectivity index (χ3v) is 5.21. The van der Waals surface area contributed by atoms with Crippen molar-refractivity contribution < 1.29 is 4.39 Å². The van der Waals surface area contributed by atoms with Crippen molar-refractivity contribution in [3.63, 3.8) is 0 Å². The first-order chi connectivity index (χ1) is 12.4. The molecule has 2 unspecified atom stereocenters. The quantitative estimate of drug-likeness (QED) is 0.620. The molecule has 0 bridgehead atoms. The predicted octanol–water partition coefficient (Wildman–Crippen LogP) is 3.44. The predicted molar refractivity (Wildman–Crippen MR) is 103 cm³/mol. The van der Waals surface area contributed by atoms with Crippen LogP contribution < -0.4 is 10.6 Å². The molecule has 1 aliphatic carbocycles. The fourth-order valence-corrected chi connectivity index (χ4v) is 3.54. The van der Waals surface area contributed by atoms with E-state index in [2.05, 4.69) is 20.7 Å². The molecule has 3 rings (SSSR count). The number of hydrogen-bond donors (Lipinski definition) is 2. The first-order valence-electron chi connectivity index (χ1n) is 8.90. The molecular weight excluding hydrogens is 353 g/mol. The van der Waals surface area contributed by atoms with Crippen LogP contribution in [0.1, 0.15) is 41.8 Å². The van der Waals surface area contributed by atoms with E-state index in [1.807, 2.05) is 32.5 Å². The number of aryl methyl sites for hydroxylation is 2. The minimum atomic E-state index is -0.240. The average Bonchev–Trinajstić information content (AvgIpc) is 3.27. The van der Waals surface area contributed by atoms with Gasteiger partial charge in [0, 0.05) is 47.4 Å². The number of nitrogens with one attached hydrogen (secondary N) is 2. The van der Waals surface area contributed by atoms with Gasteiger partial charge in [-0.25, -0.2) is 9.38 Å². The zero-order valence-electron chi connectivity index (χ0n) is 15.6. The van der Waals surface area contributed by atoms with Crippen LogP contribution in [0.15, 0.2) is 23.2 Å². The number of nitrogens with zero attached hydrogens (tertiary/aromatic N) is 3. The van der Waals surface area contributed by atoms with Crippen molar-refractivity contribution in [2.24, 2.45) is 12.0 Å². The maximum Gasteiger partial charge on any atom is 0.191 e. The fourth-order valence-electron chi connectivity index (χ4n) is 3.24. The minimum absolute atomic E-state index is 0.0782. The van der Waals surface area contributed by atoms with Gasteiger partial charge in [0.1, 0.15) is 5.82 Å². The Balaban J connectivity index is 1.70. The van der Waals surface area contributed by atoms with E-state index < -0.39 is 0 Å². The Morgan fingerprint density at radius 2 is 2.19 bits per heavy atom. The Kier molecular flexibility index (Phi) is 5.51. The molecule has 1 aliphatic rings. The normalized spacial score (nSPS) is 19.5. The molecule has 1 aromatic heterocycles. The molecule has 26 heavy (non-hydrogen) atoms. The number of aliphatic imine (C=N–C) groups is 1. The lowest BCUT2D eigenvalue weighted by Gasteiger charge is -2.12. The van der Waals surface area contributed by atoms with Gasteiger partial charge >= 0.3 is 0 Å². The maximum atomic E-state index is 14.1. The number of benzene rings is 1. The summed E-state index contributed by atoms with van der Waals surface area (Å²) in [5.74, 6) is 0.569. The van der Waals surface area contributed by atoms with Crippen LogP contribution in [0.25, 0.3) is 0 Å². The molecule has 1 fully saturated rings. The molecule has 5 nitrogen and oxygen atoms in total. The van der Waals surface area contributed by atoms with E-state index in [1.54, 1.807) is 12.1 Å². The van der Waals surface area contributed by atoms with Crippen molar-refractivity contribution in [3.05, 3.63) is 51.6 Å². The molecule has 2 atom stereocenters.